The Hall–Kier alpha value is -0.180. The molecule has 1 atom stereocenters. The topological polar surface area (TPSA) is 20.2 Å². The summed E-state index contributed by atoms with van der Waals surface area (Å²) in [6.07, 6.45) is 0. The summed E-state index contributed by atoms with van der Waals surface area (Å²) in [5.74, 6) is 0.904. The first-order valence-electron chi connectivity index (χ1n) is 5.03. The Bertz CT molecular complexity index is 323. The van der Waals surface area contributed by atoms with Gasteiger partial charge >= 0.3 is 0 Å². The molecule has 1 unspecified atom stereocenters. The summed E-state index contributed by atoms with van der Waals surface area (Å²) < 4.78 is 0. The van der Waals surface area contributed by atoms with Crippen LogP contribution in [-0.2, 0) is 0 Å². The van der Waals surface area contributed by atoms with E-state index in [0.717, 1.165) is 9.92 Å². The first-order chi connectivity index (χ1) is 6.93. The highest BCUT2D eigenvalue weighted by Gasteiger charge is 2.25. The number of rotatable bonds is 4. The zero-order valence-corrected chi connectivity index (χ0v) is 10.9. The molecule has 1 rings (SSSR count). The highest BCUT2D eigenvalue weighted by molar-refractivity contribution is 7.99. The summed E-state index contributed by atoms with van der Waals surface area (Å²) >= 11 is 7.63. The standard InChI is InChI=1S/C12H17ClOS/c1-9(2)12(3,14)8-15-11-7-5-4-6-10(11)13/h4-7,9,14H,8H2,1-3H3. The van der Waals surface area contributed by atoms with E-state index in [9.17, 15) is 5.11 Å². The number of benzene rings is 1. The van der Waals surface area contributed by atoms with E-state index >= 15 is 0 Å². The van der Waals surface area contributed by atoms with Gasteiger partial charge in [0.15, 0.2) is 0 Å². The van der Waals surface area contributed by atoms with Gasteiger partial charge in [-0.25, -0.2) is 0 Å². The van der Waals surface area contributed by atoms with Gasteiger partial charge in [-0.15, -0.1) is 11.8 Å². The second-order valence-electron chi connectivity index (χ2n) is 4.23. The van der Waals surface area contributed by atoms with Crippen molar-refractivity contribution in [3.63, 3.8) is 0 Å². The number of aliphatic hydroxyl groups is 1. The summed E-state index contributed by atoms with van der Waals surface area (Å²) in [4.78, 5) is 1.03. The summed E-state index contributed by atoms with van der Waals surface area (Å²) in [6.45, 7) is 5.90. The molecule has 0 spiro atoms. The van der Waals surface area contributed by atoms with Gasteiger partial charge < -0.3 is 5.11 Å². The highest BCUT2D eigenvalue weighted by Crippen LogP contribution is 2.31. The number of hydrogen-bond acceptors (Lipinski definition) is 2. The van der Waals surface area contributed by atoms with Gasteiger partial charge in [0.1, 0.15) is 0 Å². The first-order valence-corrected chi connectivity index (χ1v) is 6.39. The van der Waals surface area contributed by atoms with Crippen LogP contribution in [-0.4, -0.2) is 16.5 Å². The third kappa shape index (κ3) is 3.71. The van der Waals surface area contributed by atoms with Gasteiger partial charge in [0, 0.05) is 10.6 Å². The Morgan fingerprint density at radius 1 is 1.40 bits per heavy atom. The maximum absolute atomic E-state index is 10.1. The lowest BCUT2D eigenvalue weighted by atomic mass is 9.95. The van der Waals surface area contributed by atoms with Crippen LogP contribution in [0.5, 0.6) is 0 Å². The Kier molecular flexibility index (Phi) is 4.50. The van der Waals surface area contributed by atoms with E-state index in [1.807, 2.05) is 45.0 Å². The predicted molar refractivity (Wildman–Crippen MR) is 67.6 cm³/mol. The zero-order chi connectivity index (χ0) is 11.5. The van der Waals surface area contributed by atoms with Crippen LogP contribution in [0.25, 0.3) is 0 Å². The van der Waals surface area contributed by atoms with Gasteiger partial charge in [0.25, 0.3) is 0 Å². The molecule has 0 bridgehead atoms. The van der Waals surface area contributed by atoms with Crippen molar-refractivity contribution in [2.24, 2.45) is 5.92 Å². The summed E-state index contributed by atoms with van der Waals surface area (Å²) in [6, 6.07) is 7.71. The van der Waals surface area contributed by atoms with E-state index in [0.29, 0.717) is 5.75 Å². The molecule has 1 aromatic rings. The molecular weight excluding hydrogens is 228 g/mol. The smallest absolute Gasteiger partial charge is 0.0736 e. The van der Waals surface area contributed by atoms with Gasteiger partial charge in [-0.05, 0) is 25.0 Å². The van der Waals surface area contributed by atoms with E-state index in [-0.39, 0.29) is 5.92 Å². The second-order valence-corrected chi connectivity index (χ2v) is 5.66. The van der Waals surface area contributed by atoms with Gasteiger partial charge in [-0.1, -0.05) is 37.6 Å². The Morgan fingerprint density at radius 2 is 2.00 bits per heavy atom. The lowest BCUT2D eigenvalue weighted by Gasteiger charge is -2.27. The van der Waals surface area contributed by atoms with Crippen molar-refractivity contribution >= 4 is 23.4 Å². The lowest BCUT2D eigenvalue weighted by molar-refractivity contribution is 0.0376. The van der Waals surface area contributed by atoms with Crippen molar-refractivity contribution < 1.29 is 5.11 Å². The molecule has 0 heterocycles. The highest BCUT2D eigenvalue weighted by atomic mass is 35.5. The molecular formula is C12H17ClOS. The lowest BCUT2D eigenvalue weighted by Crippen LogP contribution is -2.33. The molecule has 0 aliphatic rings. The first kappa shape index (κ1) is 12.9. The normalized spacial score (nSPS) is 15.3. The molecule has 0 aliphatic carbocycles. The maximum Gasteiger partial charge on any atom is 0.0736 e. The van der Waals surface area contributed by atoms with E-state index in [1.54, 1.807) is 11.8 Å². The minimum absolute atomic E-state index is 0.243. The van der Waals surface area contributed by atoms with Crippen molar-refractivity contribution in [1.29, 1.82) is 0 Å². The third-order valence-electron chi connectivity index (χ3n) is 2.60. The number of thioether (sulfide) groups is 1. The van der Waals surface area contributed by atoms with Gasteiger partial charge in [-0.3, -0.25) is 0 Å². The molecule has 1 nitrogen and oxygen atoms in total. The molecule has 1 aromatic carbocycles. The minimum Gasteiger partial charge on any atom is -0.389 e. The quantitative estimate of drug-likeness (QED) is 0.813. The average Bonchev–Trinajstić information content (AvgIpc) is 2.16. The Labute approximate surface area is 101 Å². The van der Waals surface area contributed by atoms with Crippen LogP contribution < -0.4 is 0 Å². The maximum atomic E-state index is 10.1. The Balaban J connectivity index is 2.62. The van der Waals surface area contributed by atoms with Gasteiger partial charge in [0.05, 0.1) is 10.6 Å². The molecule has 0 amide bonds. The fourth-order valence-corrected chi connectivity index (χ4v) is 2.41. The molecule has 0 saturated carbocycles. The third-order valence-corrected chi connectivity index (χ3v) is 4.44. The SMILES string of the molecule is CC(C)C(C)(O)CSc1ccccc1Cl. The molecule has 1 N–H and O–H groups in total. The molecule has 0 fully saturated rings. The van der Waals surface area contributed by atoms with E-state index < -0.39 is 5.60 Å². The molecule has 84 valence electrons. The zero-order valence-electron chi connectivity index (χ0n) is 9.33. The van der Waals surface area contributed by atoms with Crippen LogP contribution in [0, 0.1) is 5.92 Å². The number of halogens is 1. The van der Waals surface area contributed by atoms with Gasteiger partial charge in [-0.2, -0.15) is 0 Å². The van der Waals surface area contributed by atoms with Crippen LogP contribution >= 0.6 is 23.4 Å². The Morgan fingerprint density at radius 3 is 2.53 bits per heavy atom. The average molecular weight is 245 g/mol. The summed E-state index contributed by atoms with van der Waals surface area (Å²) in [5.41, 5.74) is -0.649. The van der Waals surface area contributed by atoms with Crippen molar-refractivity contribution in [3.8, 4) is 0 Å². The van der Waals surface area contributed by atoms with Crippen LogP contribution in [0.1, 0.15) is 20.8 Å². The van der Waals surface area contributed by atoms with Crippen LogP contribution in [0.3, 0.4) is 0 Å². The van der Waals surface area contributed by atoms with Crippen LogP contribution in [0.15, 0.2) is 29.2 Å². The molecule has 15 heavy (non-hydrogen) atoms. The van der Waals surface area contributed by atoms with Gasteiger partial charge in [0.2, 0.25) is 0 Å². The van der Waals surface area contributed by atoms with Crippen molar-refractivity contribution in [1.82, 2.24) is 0 Å². The summed E-state index contributed by atoms with van der Waals surface area (Å²) in [5, 5.41) is 10.8. The fourth-order valence-electron chi connectivity index (χ4n) is 0.952. The second kappa shape index (κ2) is 5.24. The van der Waals surface area contributed by atoms with E-state index in [1.165, 1.54) is 0 Å². The summed E-state index contributed by atoms with van der Waals surface area (Å²) in [7, 11) is 0. The molecule has 3 heteroatoms. The number of hydrogen-bond donors (Lipinski definition) is 1. The minimum atomic E-state index is -0.649. The largest absolute Gasteiger partial charge is 0.389 e. The molecule has 0 radical (unpaired) electrons. The molecule has 0 aromatic heterocycles. The van der Waals surface area contributed by atoms with E-state index in [2.05, 4.69) is 0 Å². The predicted octanol–water partition coefficient (Wildman–Crippen LogP) is 3.84. The van der Waals surface area contributed by atoms with Crippen molar-refractivity contribution in [3.05, 3.63) is 29.3 Å². The monoisotopic (exact) mass is 244 g/mol. The van der Waals surface area contributed by atoms with E-state index in [4.69, 9.17) is 11.6 Å². The van der Waals surface area contributed by atoms with Crippen molar-refractivity contribution in [2.45, 2.75) is 31.3 Å². The molecule has 0 aliphatic heterocycles. The van der Waals surface area contributed by atoms with Crippen LogP contribution in [0.2, 0.25) is 5.02 Å². The van der Waals surface area contributed by atoms with Crippen LogP contribution in [0.4, 0.5) is 0 Å². The van der Waals surface area contributed by atoms with Crippen molar-refractivity contribution in [2.75, 3.05) is 5.75 Å². The fraction of sp³-hybridized carbons (Fsp3) is 0.500. The molecule has 0 saturated heterocycles.